The second kappa shape index (κ2) is 6.75. The smallest absolute Gasteiger partial charge is 0.273 e. The molecule has 0 bridgehead atoms. The molecule has 0 saturated heterocycles. The highest BCUT2D eigenvalue weighted by molar-refractivity contribution is 8.00. The van der Waals surface area contributed by atoms with Crippen LogP contribution in [0.25, 0.3) is 0 Å². The fourth-order valence-corrected chi connectivity index (χ4v) is 3.22. The Bertz CT molecular complexity index is 804. The van der Waals surface area contributed by atoms with E-state index in [1.807, 2.05) is 18.2 Å². The maximum atomic E-state index is 12.1. The zero-order valence-electron chi connectivity index (χ0n) is 12.8. The Balaban J connectivity index is 1.62. The Morgan fingerprint density at radius 2 is 2.12 bits per heavy atom. The Kier molecular flexibility index (Phi) is 4.52. The molecule has 0 aliphatic carbocycles. The summed E-state index contributed by atoms with van der Waals surface area (Å²) in [6.07, 6.45) is 1.37. The summed E-state index contributed by atoms with van der Waals surface area (Å²) in [7, 11) is 0. The number of benzene rings is 1. The molecule has 3 N–H and O–H groups in total. The third-order valence-electron chi connectivity index (χ3n) is 3.50. The molecule has 124 valence electrons. The SMILES string of the molecule is Cc1[nH]ncc1C(=O)NNC(=O)CN1C(=O)CSc2ccccc21. The molecule has 9 heteroatoms. The van der Waals surface area contributed by atoms with Gasteiger partial charge in [0.1, 0.15) is 6.54 Å². The van der Waals surface area contributed by atoms with Crippen LogP contribution in [-0.4, -0.2) is 40.2 Å². The molecule has 1 aromatic carbocycles. The molecule has 1 aliphatic rings. The molecular weight excluding hydrogens is 330 g/mol. The minimum absolute atomic E-state index is 0.147. The molecule has 3 rings (SSSR count). The van der Waals surface area contributed by atoms with Gasteiger partial charge in [-0.3, -0.25) is 30.3 Å². The number of carbonyl (C=O) groups excluding carboxylic acids is 3. The number of fused-ring (bicyclic) bond motifs is 1. The molecule has 0 fully saturated rings. The van der Waals surface area contributed by atoms with Crippen LogP contribution in [0.5, 0.6) is 0 Å². The van der Waals surface area contributed by atoms with Gasteiger partial charge in [0.15, 0.2) is 0 Å². The van der Waals surface area contributed by atoms with Gasteiger partial charge in [0.2, 0.25) is 5.91 Å². The monoisotopic (exact) mass is 345 g/mol. The minimum atomic E-state index is -0.487. The predicted molar refractivity (Wildman–Crippen MR) is 88.5 cm³/mol. The third kappa shape index (κ3) is 3.25. The zero-order valence-corrected chi connectivity index (χ0v) is 13.6. The van der Waals surface area contributed by atoms with Gasteiger partial charge in [-0.05, 0) is 19.1 Å². The number of aromatic amines is 1. The number of hydrogen-bond donors (Lipinski definition) is 3. The summed E-state index contributed by atoms with van der Waals surface area (Å²) in [6.45, 7) is 1.53. The third-order valence-corrected chi connectivity index (χ3v) is 4.55. The van der Waals surface area contributed by atoms with Crippen molar-refractivity contribution in [3.8, 4) is 0 Å². The molecule has 24 heavy (non-hydrogen) atoms. The zero-order chi connectivity index (χ0) is 17.1. The van der Waals surface area contributed by atoms with Gasteiger partial charge in [0.25, 0.3) is 11.8 Å². The Morgan fingerprint density at radius 1 is 1.33 bits per heavy atom. The second-order valence-electron chi connectivity index (χ2n) is 5.15. The van der Waals surface area contributed by atoms with Crippen LogP contribution in [-0.2, 0) is 9.59 Å². The van der Waals surface area contributed by atoms with Crippen molar-refractivity contribution in [3.05, 3.63) is 41.7 Å². The average Bonchev–Trinajstić information content (AvgIpc) is 3.01. The lowest BCUT2D eigenvalue weighted by Crippen LogP contribution is -2.49. The van der Waals surface area contributed by atoms with E-state index < -0.39 is 11.8 Å². The number of H-pyrrole nitrogens is 1. The number of para-hydroxylation sites is 1. The van der Waals surface area contributed by atoms with Gasteiger partial charge in [0, 0.05) is 10.6 Å². The molecule has 2 aromatic rings. The van der Waals surface area contributed by atoms with Gasteiger partial charge in [-0.2, -0.15) is 5.10 Å². The van der Waals surface area contributed by atoms with E-state index in [1.54, 1.807) is 13.0 Å². The molecule has 0 spiro atoms. The van der Waals surface area contributed by atoms with Crippen molar-refractivity contribution >= 4 is 35.2 Å². The highest BCUT2D eigenvalue weighted by Crippen LogP contribution is 2.34. The number of hydrogen-bond acceptors (Lipinski definition) is 5. The van der Waals surface area contributed by atoms with Crippen LogP contribution >= 0.6 is 11.8 Å². The number of rotatable bonds is 3. The largest absolute Gasteiger partial charge is 0.301 e. The first-order valence-electron chi connectivity index (χ1n) is 7.17. The maximum Gasteiger partial charge on any atom is 0.273 e. The quantitative estimate of drug-likeness (QED) is 0.707. The first-order chi connectivity index (χ1) is 11.6. The average molecular weight is 345 g/mol. The van der Waals surface area contributed by atoms with Gasteiger partial charge >= 0.3 is 0 Å². The lowest BCUT2D eigenvalue weighted by Gasteiger charge is -2.28. The van der Waals surface area contributed by atoms with Crippen LogP contribution < -0.4 is 15.8 Å². The van der Waals surface area contributed by atoms with Crippen LogP contribution in [0.1, 0.15) is 16.1 Å². The van der Waals surface area contributed by atoms with E-state index in [4.69, 9.17) is 0 Å². The predicted octanol–water partition coefficient (Wildman–Crippen LogP) is 0.618. The normalized spacial score (nSPS) is 13.4. The summed E-state index contributed by atoms with van der Waals surface area (Å²) in [5, 5.41) is 6.39. The lowest BCUT2D eigenvalue weighted by molar-refractivity contribution is -0.123. The number of nitrogens with zero attached hydrogens (tertiary/aromatic N) is 2. The highest BCUT2D eigenvalue weighted by Gasteiger charge is 2.26. The molecule has 2 heterocycles. The van der Waals surface area contributed by atoms with E-state index in [9.17, 15) is 14.4 Å². The molecule has 0 unspecified atom stereocenters. The molecule has 8 nitrogen and oxygen atoms in total. The number of nitrogens with one attached hydrogen (secondary N) is 3. The standard InChI is InChI=1S/C15H15N5O3S/c1-9-10(6-16-17-9)15(23)19-18-13(21)7-20-11-4-2-3-5-12(11)24-8-14(20)22/h2-6H,7-8H2,1H3,(H,16,17)(H,18,21)(H,19,23). The fraction of sp³-hybridized carbons (Fsp3) is 0.200. The van der Waals surface area contributed by atoms with Crippen molar-refractivity contribution in [2.45, 2.75) is 11.8 Å². The molecule has 0 atom stereocenters. The van der Waals surface area contributed by atoms with Gasteiger partial charge < -0.3 is 4.90 Å². The number of aromatic nitrogens is 2. The molecule has 1 aliphatic heterocycles. The Hall–Kier alpha value is -2.81. The number of thioether (sulfide) groups is 1. The topological polar surface area (TPSA) is 107 Å². The first kappa shape index (κ1) is 16.1. The van der Waals surface area contributed by atoms with Gasteiger partial charge in [-0.25, -0.2) is 0 Å². The summed E-state index contributed by atoms with van der Waals surface area (Å²) in [4.78, 5) is 38.4. The lowest BCUT2D eigenvalue weighted by atomic mass is 10.2. The van der Waals surface area contributed by atoms with Crippen LogP contribution in [0, 0.1) is 6.92 Å². The highest BCUT2D eigenvalue weighted by atomic mass is 32.2. The van der Waals surface area contributed by atoms with Crippen molar-refractivity contribution in [1.82, 2.24) is 21.0 Å². The number of anilines is 1. The number of carbonyl (C=O) groups is 3. The fourth-order valence-electron chi connectivity index (χ4n) is 2.28. The first-order valence-corrected chi connectivity index (χ1v) is 8.16. The Morgan fingerprint density at radius 3 is 2.88 bits per heavy atom. The molecule has 0 saturated carbocycles. The van der Waals surface area contributed by atoms with Crippen molar-refractivity contribution < 1.29 is 14.4 Å². The summed E-state index contributed by atoms with van der Waals surface area (Å²) in [5.74, 6) is -0.828. The van der Waals surface area contributed by atoms with Gasteiger partial charge in [-0.15, -0.1) is 11.8 Å². The van der Waals surface area contributed by atoms with E-state index >= 15 is 0 Å². The van der Waals surface area contributed by atoms with E-state index in [0.717, 1.165) is 4.90 Å². The van der Waals surface area contributed by atoms with Gasteiger partial charge in [0.05, 0.1) is 23.2 Å². The number of hydrazine groups is 1. The van der Waals surface area contributed by atoms with Crippen LogP contribution in [0.15, 0.2) is 35.4 Å². The van der Waals surface area contributed by atoms with Crippen LogP contribution in [0.2, 0.25) is 0 Å². The second-order valence-corrected chi connectivity index (χ2v) is 6.16. The van der Waals surface area contributed by atoms with E-state index in [2.05, 4.69) is 21.0 Å². The van der Waals surface area contributed by atoms with E-state index in [-0.39, 0.29) is 18.2 Å². The molecule has 3 amide bonds. The Labute approximate surface area is 142 Å². The maximum absolute atomic E-state index is 12.1. The summed E-state index contributed by atoms with van der Waals surface area (Å²) in [6, 6.07) is 7.39. The van der Waals surface area contributed by atoms with Crippen LogP contribution in [0.4, 0.5) is 5.69 Å². The number of amides is 3. The summed E-state index contributed by atoms with van der Waals surface area (Å²) in [5.41, 5.74) is 6.26. The summed E-state index contributed by atoms with van der Waals surface area (Å²) < 4.78 is 0. The van der Waals surface area contributed by atoms with Crippen molar-refractivity contribution in [3.63, 3.8) is 0 Å². The minimum Gasteiger partial charge on any atom is -0.301 e. The van der Waals surface area contributed by atoms with E-state index in [0.29, 0.717) is 16.9 Å². The number of aryl methyl sites for hydroxylation is 1. The van der Waals surface area contributed by atoms with Crippen molar-refractivity contribution in [2.24, 2.45) is 0 Å². The van der Waals surface area contributed by atoms with E-state index in [1.165, 1.54) is 22.9 Å². The molecule has 0 radical (unpaired) electrons. The molecular formula is C15H15N5O3S. The van der Waals surface area contributed by atoms with Crippen molar-refractivity contribution in [1.29, 1.82) is 0 Å². The summed E-state index contributed by atoms with van der Waals surface area (Å²) >= 11 is 1.44. The van der Waals surface area contributed by atoms with Gasteiger partial charge in [-0.1, -0.05) is 12.1 Å². The van der Waals surface area contributed by atoms with Crippen molar-refractivity contribution in [2.75, 3.05) is 17.2 Å². The molecule has 1 aromatic heterocycles. The van der Waals surface area contributed by atoms with Crippen LogP contribution in [0.3, 0.4) is 0 Å².